The quantitative estimate of drug-likeness (QED) is 0.620. The van der Waals surface area contributed by atoms with E-state index in [1.807, 2.05) is 0 Å². The number of hydrogen-bond donors (Lipinski definition) is 1. The number of rotatable bonds is 7. The van der Waals surface area contributed by atoms with Gasteiger partial charge in [-0.05, 0) is 25.7 Å². The lowest BCUT2D eigenvalue weighted by atomic mass is 9.87. The van der Waals surface area contributed by atoms with Gasteiger partial charge in [-0.3, -0.25) is 4.79 Å². The van der Waals surface area contributed by atoms with Crippen molar-refractivity contribution in [3.63, 3.8) is 0 Å². The fraction of sp³-hybridized carbons (Fsp3) is 0.909. The van der Waals surface area contributed by atoms with Crippen LogP contribution in [-0.2, 0) is 4.79 Å². The second-order valence-corrected chi connectivity index (χ2v) is 4.03. The molecule has 0 bridgehead atoms. The van der Waals surface area contributed by atoms with Crippen LogP contribution < -0.4 is 0 Å². The van der Waals surface area contributed by atoms with E-state index in [2.05, 4.69) is 13.8 Å². The van der Waals surface area contributed by atoms with E-state index in [0.29, 0.717) is 11.7 Å². The Hall–Kier alpha value is -0.370. The van der Waals surface area contributed by atoms with Crippen LogP contribution in [0.15, 0.2) is 0 Å². The minimum Gasteiger partial charge on any atom is -0.396 e. The molecule has 78 valence electrons. The van der Waals surface area contributed by atoms with Gasteiger partial charge < -0.3 is 5.11 Å². The molecule has 1 N–H and O–H groups in total. The average molecular weight is 186 g/mol. The molecular weight excluding hydrogens is 164 g/mol. The molecule has 2 nitrogen and oxygen atoms in total. The minimum atomic E-state index is 0.221. The van der Waals surface area contributed by atoms with E-state index in [1.54, 1.807) is 6.92 Å². The van der Waals surface area contributed by atoms with Crippen molar-refractivity contribution in [3.8, 4) is 0 Å². The Morgan fingerprint density at radius 2 is 1.85 bits per heavy atom. The van der Waals surface area contributed by atoms with Crippen LogP contribution in [0, 0.1) is 11.8 Å². The van der Waals surface area contributed by atoms with Crippen LogP contribution in [0.5, 0.6) is 0 Å². The van der Waals surface area contributed by atoms with Gasteiger partial charge in [-0.15, -0.1) is 0 Å². The topological polar surface area (TPSA) is 37.3 Å². The SMILES string of the molecule is CC(=O)C(CCCCCO)C(C)C. The van der Waals surface area contributed by atoms with Gasteiger partial charge in [0.1, 0.15) is 5.78 Å². The zero-order valence-corrected chi connectivity index (χ0v) is 9.05. The van der Waals surface area contributed by atoms with Gasteiger partial charge in [0.15, 0.2) is 0 Å². The number of carbonyl (C=O) groups is 1. The fourth-order valence-electron chi connectivity index (χ4n) is 1.66. The third-order valence-corrected chi connectivity index (χ3v) is 2.50. The summed E-state index contributed by atoms with van der Waals surface area (Å²) >= 11 is 0. The van der Waals surface area contributed by atoms with E-state index in [-0.39, 0.29) is 12.5 Å². The van der Waals surface area contributed by atoms with Gasteiger partial charge in [-0.1, -0.05) is 26.7 Å². The first kappa shape index (κ1) is 12.6. The summed E-state index contributed by atoms with van der Waals surface area (Å²) in [4.78, 5) is 11.2. The van der Waals surface area contributed by atoms with Crippen LogP contribution in [0.25, 0.3) is 0 Å². The average Bonchev–Trinajstić information content (AvgIpc) is 2.02. The zero-order chi connectivity index (χ0) is 10.3. The Bertz CT molecular complexity index is 141. The zero-order valence-electron chi connectivity index (χ0n) is 9.05. The molecule has 0 radical (unpaired) electrons. The van der Waals surface area contributed by atoms with Crippen molar-refractivity contribution in [1.82, 2.24) is 0 Å². The number of hydrogen-bond acceptors (Lipinski definition) is 2. The highest BCUT2D eigenvalue weighted by Crippen LogP contribution is 2.19. The molecule has 0 saturated heterocycles. The summed E-state index contributed by atoms with van der Waals surface area (Å²) < 4.78 is 0. The van der Waals surface area contributed by atoms with E-state index in [9.17, 15) is 4.79 Å². The molecule has 0 aliphatic rings. The van der Waals surface area contributed by atoms with Crippen LogP contribution in [0.3, 0.4) is 0 Å². The van der Waals surface area contributed by atoms with Gasteiger partial charge in [0, 0.05) is 12.5 Å². The van der Waals surface area contributed by atoms with E-state index >= 15 is 0 Å². The number of aliphatic hydroxyl groups excluding tert-OH is 1. The van der Waals surface area contributed by atoms with Crippen molar-refractivity contribution in [3.05, 3.63) is 0 Å². The summed E-state index contributed by atoms with van der Waals surface area (Å²) in [5, 5.41) is 8.58. The van der Waals surface area contributed by atoms with Crippen LogP contribution in [-0.4, -0.2) is 17.5 Å². The van der Waals surface area contributed by atoms with Crippen LogP contribution in [0.1, 0.15) is 46.5 Å². The normalized spacial score (nSPS) is 13.3. The second-order valence-electron chi connectivity index (χ2n) is 4.03. The van der Waals surface area contributed by atoms with E-state index in [1.165, 1.54) is 0 Å². The third-order valence-electron chi connectivity index (χ3n) is 2.50. The number of Topliss-reactive ketones (excluding diaryl/α,β-unsaturated/α-hetero) is 1. The summed E-state index contributed by atoms with van der Waals surface area (Å²) in [6.07, 6.45) is 3.94. The van der Waals surface area contributed by atoms with Gasteiger partial charge in [-0.2, -0.15) is 0 Å². The molecule has 0 rings (SSSR count). The standard InChI is InChI=1S/C11H22O2/c1-9(2)11(10(3)13)7-5-4-6-8-12/h9,11-12H,4-8H2,1-3H3. The highest BCUT2D eigenvalue weighted by atomic mass is 16.2. The largest absolute Gasteiger partial charge is 0.396 e. The van der Waals surface area contributed by atoms with E-state index < -0.39 is 0 Å². The molecule has 0 aromatic heterocycles. The second kappa shape index (κ2) is 7.07. The van der Waals surface area contributed by atoms with Crippen molar-refractivity contribution in [2.75, 3.05) is 6.61 Å². The number of unbranched alkanes of at least 4 members (excludes halogenated alkanes) is 2. The van der Waals surface area contributed by atoms with Crippen molar-refractivity contribution in [1.29, 1.82) is 0 Å². The summed E-state index contributed by atoms with van der Waals surface area (Å²) in [7, 11) is 0. The highest BCUT2D eigenvalue weighted by molar-refractivity contribution is 5.78. The molecule has 0 saturated carbocycles. The lowest BCUT2D eigenvalue weighted by Gasteiger charge is -2.17. The summed E-state index contributed by atoms with van der Waals surface area (Å²) in [6.45, 7) is 6.14. The molecule has 2 heteroatoms. The summed E-state index contributed by atoms with van der Waals surface area (Å²) in [5.74, 6) is 0.976. The van der Waals surface area contributed by atoms with Gasteiger partial charge in [0.2, 0.25) is 0 Å². The first-order valence-electron chi connectivity index (χ1n) is 5.21. The summed E-state index contributed by atoms with van der Waals surface area (Å²) in [5.41, 5.74) is 0. The van der Waals surface area contributed by atoms with E-state index in [0.717, 1.165) is 25.7 Å². The first-order valence-corrected chi connectivity index (χ1v) is 5.21. The molecule has 0 spiro atoms. The number of ketones is 1. The molecule has 0 aromatic rings. The van der Waals surface area contributed by atoms with Gasteiger partial charge in [-0.25, -0.2) is 0 Å². The van der Waals surface area contributed by atoms with Crippen LogP contribution in [0.2, 0.25) is 0 Å². The number of aliphatic hydroxyl groups is 1. The number of carbonyl (C=O) groups excluding carboxylic acids is 1. The maximum atomic E-state index is 11.2. The highest BCUT2D eigenvalue weighted by Gasteiger charge is 2.17. The van der Waals surface area contributed by atoms with Gasteiger partial charge >= 0.3 is 0 Å². The predicted molar refractivity (Wildman–Crippen MR) is 54.6 cm³/mol. The molecule has 0 amide bonds. The molecule has 0 aromatic carbocycles. The third kappa shape index (κ3) is 5.81. The maximum Gasteiger partial charge on any atom is 0.133 e. The predicted octanol–water partition coefficient (Wildman–Crippen LogP) is 2.40. The molecule has 0 heterocycles. The lowest BCUT2D eigenvalue weighted by molar-refractivity contribution is -0.122. The molecule has 1 unspecified atom stereocenters. The monoisotopic (exact) mass is 186 g/mol. The Morgan fingerprint density at radius 3 is 2.23 bits per heavy atom. The molecule has 1 atom stereocenters. The van der Waals surface area contributed by atoms with Crippen molar-refractivity contribution >= 4 is 5.78 Å². The van der Waals surface area contributed by atoms with Crippen molar-refractivity contribution in [2.45, 2.75) is 46.5 Å². The molecule has 0 fully saturated rings. The van der Waals surface area contributed by atoms with Crippen molar-refractivity contribution in [2.24, 2.45) is 11.8 Å². The maximum absolute atomic E-state index is 11.2. The van der Waals surface area contributed by atoms with Gasteiger partial charge in [0.05, 0.1) is 0 Å². The fourth-order valence-corrected chi connectivity index (χ4v) is 1.66. The smallest absolute Gasteiger partial charge is 0.133 e. The molecule has 0 aliphatic carbocycles. The first-order chi connectivity index (χ1) is 6.09. The Balaban J connectivity index is 3.64. The van der Waals surface area contributed by atoms with E-state index in [4.69, 9.17) is 5.11 Å². The lowest BCUT2D eigenvalue weighted by Crippen LogP contribution is -2.17. The summed E-state index contributed by atoms with van der Waals surface area (Å²) in [6, 6.07) is 0. The Labute approximate surface area is 81.3 Å². The Morgan fingerprint density at radius 1 is 1.23 bits per heavy atom. The van der Waals surface area contributed by atoms with Gasteiger partial charge in [0.25, 0.3) is 0 Å². The molecular formula is C11H22O2. The van der Waals surface area contributed by atoms with Crippen molar-refractivity contribution < 1.29 is 9.90 Å². The Kier molecular flexibility index (Phi) is 6.87. The van der Waals surface area contributed by atoms with Crippen LogP contribution >= 0.6 is 0 Å². The molecule has 13 heavy (non-hydrogen) atoms. The van der Waals surface area contributed by atoms with Crippen LogP contribution in [0.4, 0.5) is 0 Å². The molecule has 0 aliphatic heterocycles. The minimum absolute atomic E-state index is 0.221.